The number of aromatic nitrogens is 1. The largest absolute Gasteiger partial charge is 0.493 e. The molecule has 0 radical (unpaired) electrons. The van der Waals surface area contributed by atoms with Gasteiger partial charge in [0.15, 0.2) is 11.5 Å². The minimum absolute atomic E-state index is 0.477. The van der Waals surface area contributed by atoms with Crippen molar-refractivity contribution in [2.45, 2.75) is 59.0 Å². The molecule has 0 saturated carbocycles. The van der Waals surface area contributed by atoms with Crippen LogP contribution in [-0.2, 0) is 22.6 Å². The van der Waals surface area contributed by atoms with Crippen molar-refractivity contribution < 1.29 is 24.1 Å². The molecule has 2 aromatic carbocycles. The highest BCUT2D eigenvalue weighted by Crippen LogP contribution is 2.31. The lowest BCUT2D eigenvalue weighted by Crippen LogP contribution is -2.31. The highest BCUT2D eigenvalue weighted by Gasteiger charge is 2.34. The Labute approximate surface area is 244 Å². The molecule has 0 saturated heterocycles. The van der Waals surface area contributed by atoms with Crippen molar-refractivity contribution >= 4 is 23.8 Å². The molecule has 1 heterocycles. The van der Waals surface area contributed by atoms with Crippen molar-refractivity contribution in [1.82, 2.24) is 4.98 Å². The summed E-state index contributed by atoms with van der Waals surface area (Å²) in [6.07, 6.45) is 8.82. The van der Waals surface area contributed by atoms with E-state index in [9.17, 15) is 9.90 Å². The van der Waals surface area contributed by atoms with Crippen LogP contribution in [0, 0.1) is 5.41 Å². The number of nitrogens with one attached hydrogen (secondary N) is 1. The molecule has 7 nitrogen and oxygen atoms in total. The van der Waals surface area contributed by atoms with Gasteiger partial charge in [-0.2, -0.15) is 0 Å². The monoisotopic (exact) mass is 560 g/mol. The SMILES string of the molecule is CCC(CC)(CCNc1cccc(C=Cc2cccc(COCCCCc3ccc(OC)c(OC)c3)n2)c1)C(=O)O. The van der Waals surface area contributed by atoms with E-state index in [1.54, 1.807) is 14.2 Å². The maximum absolute atomic E-state index is 11.8. The molecular formula is C34H44N2O5. The predicted molar refractivity (Wildman–Crippen MR) is 166 cm³/mol. The molecule has 0 amide bonds. The van der Waals surface area contributed by atoms with Crippen LogP contribution in [0.2, 0.25) is 0 Å². The molecule has 41 heavy (non-hydrogen) atoms. The van der Waals surface area contributed by atoms with Gasteiger partial charge in [-0.3, -0.25) is 9.78 Å². The zero-order valence-corrected chi connectivity index (χ0v) is 24.8. The van der Waals surface area contributed by atoms with Gasteiger partial charge in [0.05, 0.1) is 37.6 Å². The highest BCUT2D eigenvalue weighted by molar-refractivity contribution is 5.74. The Morgan fingerprint density at radius 2 is 1.73 bits per heavy atom. The molecule has 1 aromatic heterocycles. The molecule has 0 unspecified atom stereocenters. The van der Waals surface area contributed by atoms with E-state index in [1.165, 1.54) is 5.56 Å². The molecule has 0 aliphatic rings. The number of carbonyl (C=O) groups is 1. The summed E-state index contributed by atoms with van der Waals surface area (Å²) in [6, 6.07) is 20.1. The highest BCUT2D eigenvalue weighted by atomic mass is 16.5. The average Bonchev–Trinajstić information content (AvgIpc) is 3.00. The van der Waals surface area contributed by atoms with Gasteiger partial charge in [-0.25, -0.2) is 0 Å². The quantitative estimate of drug-likeness (QED) is 0.156. The number of nitrogens with zero attached hydrogens (tertiary/aromatic N) is 1. The molecule has 0 fully saturated rings. The van der Waals surface area contributed by atoms with Crippen LogP contribution in [0.15, 0.2) is 60.7 Å². The van der Waals surface area contributed by atoms with Crippen LogP contribution in [0.25, 0.3) is 12.2 Å². The molecular weight excluding hydrogens is 516 g/mol. The predicted octanol–water partition coefficient (Wildman–Crippen LogP) is 7.50. The van der Waals surface area contributed by atoms with Crippen molar-refractivity contribution in [3.63, 3.8) is 0 Å². The van der Waals surface area contributed by atoms with Gasteiger partial charge in [0.1, 0.15) is 0 Å². The second-order valence-corrected chi connectivity index (χ2v) is 10.2. The first-order valence-corrected chi connectivity index (χ1v) is 14.4. The van der Waals surface area contributed by atoms with Gasteiger partial charge in [-0.1, -0.05) is 44.2 Å². The lowest BCUT2D eigenvalue weighted by atomic mass is 9.79. The fraction of sp³-hybridized carbons (Fsp3) is 0.412. The van der Waals surface area contributed by atoms with Crippen LogP contribution in [-0.4, -0.2) is 43.4 Å². The zero-order valence-electron chi connectivity index (χ0n) is 24.8. The summed E-state index contributed by atoms with van der Waals surface area (Å²) in [6.45, 7) is 5.66. The van der Waals surface area contributed by atoms with Crippen LogP contribution < -0.4 is 14.8 Å². The normalized spacial score (nSPS) is 11.5. The average molecular weight is 561 g/mol. The third-order valence-corrected chi connectivity index (χ3v) is 7.60. The molecule has 220 valence electrons. The summed E-state index contributed by atoms with van der Waals surface area (Å²) >= 11 is 0. The number of pyridine rings is 1. The zero-order chi connectivity index (χ0) is 29.5. The third kappa shape index (κ3) is 9.64. The minimum atomic E-state index is -0.716. The fourth-order valence-electron chi connectivity index (χ4n) is 4.81. The van der Waals surface area contributed by atoms with Gasteiger partial charge in [-0.15, -0.1) is 0 Å². The summed E-state index contributed by atoms with van der Waals surface area (Å²) in [7, 11) is 3.30. The minimum Gasteiger partial charge on any atom is -0.493 e. The number of anilines is 1. The molecule has 3 rings (SSSR count). The van der Waals surface area contributed by atoms with Gasteiger partial charge < -0.3 is 24.6 Å². The van der Waals surface area contributed by atoms with E-state index in [1.807, 2.05) is 74.5 Å². The van der Waals surface area contributed by atoms with E-state index in [-0.39, 0.29) is 0 Å². The maximum Gasteiger partial charge on any atom is 0.309 e. The van der Waals surface area contributed by atoms with Gasteiger partial charge in [0.2, 0.25) is 0 Å². The van der Waals surface area contributed by atoms with Crippen molar-refractivity contribution in [3.8, 4) is 11.5 Å². The first-order chi connectivity index (χ1) is 19.9. The summed E-state index contributed by atoms with van der Waals surface area (Å²) in [5.41, 5.74) is 4.34. The Hall–Kier alpha value is -3.84. The van der Waals surface area contributed by atoms with Crippen LogP contribution in [0.1, 0.15) is 68.5 Å². The number of unbranched alkanes of at least 4 members (excludes halogenated alkanes) is 1. The van der Waals surface area contributed by atoms with E-state index in [2.05, 4.69) is 17.4 Å². The Morgan fingerprint density at radius 3 is 2.46 bits per heavy atom. The molecule has 0 bridgehead atoms. The summed E-state index contributed by atoms with van der Waals surface area (Å²) in [5.74, 6) is 0.787. The number of aliphatic carboxylic acids is 1. The lowest BCUT2D eigenvalue weighted by molar-refractivity contribution is -0.149. The van der Waals surface area contributed by atoms with Gasteiger partial charge in [0.25, 0.3) is 0 Å². The fourth-order valence-corrected chi connectivity index (χ4v) is 4.81. The Bertz CT molecular complexity index is 1270. The smallest absolute Gasteiger partial charge is 0.309 e. The van der Waals surface area contributed by atoms with Crippen molar-refractivity contribution in [1.29, 1.82) is 0 Å². The van der Waals surface area contributed by atoms with Gasteiger partial charge in [-0.05, 0) is 92.1 Å². The molecule has 0 aliphatic heterocycles. The second kappa shape index (κ2) is 16.4. The standard InChI is InChI=1S/C34H44N2O5/c1-5-34(6-2,33(37)38)20-21-35-29-14-9-12-26(23-29)16-18-28-13-10-15-30(36-28)25-41-22-8-7-11-27-17-19-31(39-3)32(24-27)40-4/h9-10,12-19,23-24,35H,5-8,11,20-22,25H2,1-4H3,(H,37,38). The number of ether oxygens (including phenoxy) is 3. The third-order valence-electron chi connectivity index (χ3n) is 7.60. The van der Waals surface area contributed by atoms with Gasteiger partial charge >= 0.3 is 5.97 Å². The second-order valence-electron chi connectivity index (χ2n) is 10.2. The lowest BCUT2D eigenvalue weighted by Gasteiger charge is -2.26. The molecule has 0 aliphatic carbocycles. The first-order valence-electron chi connectivity index (χ1n) is 14.4. The topological polar surface area (TPSA) is 89.9 Å². The van der Waals surface area contributed by atoms with E-state index in [0.717, 1.165) is 53.4 Å². The number of rotatable bonds is 18. The number of aryl methyl sites for hydroxylation is 1. The number of carboxylic acid groups (broad SMARTS) is 1. The molecule has 7 heteroatoms. The van der Waals surface area contributed by atoms with Crippen LogP contribution in [0.4, 0.5) is 5.69 Å². The Kier molecular flexibility index (Phi) is 12.7. The van der Waals surface area contributed by atoms with Crippen molar-refractivity contribution in [2.24, 2.45) is 5.41 Å². The summed E-state index contributed by atoms with van der Waals surface area (Å²) in [5, 5.41) is 13.0. The Balaban J connectivity index is 1.43. The first kappa shape index (κ1) is 31.7. The van der Waals surface area contributed by atoms with Gasteiger partial charge in [0, 0.05) is 18.8 Å². The van der Waals surface area contributed by atoms with Crippen LogP contribution in [0.5, 0.6) is 11.5 Å². The van der Waals surface area contributed by atoms with E-state index in [4.69, 9.17) is 19.2 Å². The van der Waals surface area contributed by atoms with Crippen molar-refractivity contribution in [3.05, 3.63) is 83.2 Å². The maximum atomic E-state index is 11.8. The molecule has 0 spiro atoms. The number of benzene rings is 2. The number of carboxylic acids is 1. The van der Waals surface area contributed by atoms with E-state index in [0.29, 0.717) is 39.0 Å². The number of methoxy groups -OCH3 is 2. The Morgan fingerprint density at radius 1 is 0.951 bits per heavy atom. The van der Waals surface area contributed by atoms with Crippen molar-refractivity contribution in [2.75, 3.05) is 32.7 Å². The number of hydrogen-bond acceptors (Lipinski definition) is 6. The van der Waals surface area contributed by atoms with E-state index >= 15 is 0 Å². The molecule has 0 atom stereocenters. The van der Waals surface area contributed by atoms with Crippen LogP contribution >= 0.6 is 0 Å². The molecule has 2 N–H and O–H groups in total. The van der Waals surface area contributed by atoms with E-state index < -0.39 is 11.4 Å². The van der Waals surface area contributed by atoms with Crippen LogP contribution in [0.3, 0.4) is 0 Å². The summed E-state index contributed by atoms with van der Waals surface area (Å²) < 4.78 is 16.6. The number of hydrogen-bond donors (Lipinski definition) is 2. The molecule has 3 aromatic rings. The summed E-state index contributed by atoms with van der Waals surface area (Å²) in [4.78, 5) is 16.5.